The zero-order chi connectivity index (χ0) is 59.9. The van der Waals surface area contributed by atoms with Gasteiger partial charge in [-0.25, -0.2) is 0 Å². The van der Waals surface area contributed by atoms with Crippen molar-refractivity contribution >= 4 is 17.9 Å². The minimum Gasteiger partial charge on any atom is -0.462 e. The third-order valence-electron chi connectivity index (χ3n) is 14.3. The van der Waals surface area contributed by atoms with E-state index in [-0.39, 0.29) is 31.1 Å². The van der Waals surface area contributed by atoms with E-state index in [4.69, 9.17) is 14.2 Å². The Morgan fingerprint density at radius 2 is 0.470 bits per heavy atom. The van der Waals surface area contributed by atoms with Crippen molar-refractivity contribution in [1.29, 1.82) is 0 Å². The molecule has 0 radical (unpaired) electrons. The first-order chi connectivity index (χ1) is 41.0. The smallest absolute Gasteiger partial charge is 0.306 e. The second kappa shape index (κ2) is 69.8. The highest BCUT2D eigenvalue weighted by molar-refractivity contribution is 5.71. The lowest BCUT2D eigenvalue weighted by Crippen LogP contribution is -2.30. The molecule has 0 heterocycles. The number of hydrogen-bond donors (Lipinski definition) is 0. The van der Waals surface area contributed by atoms with Gasteiger partial charge in [-0.3, -0.25) is 14.4 Å². The van der Waals surface area contributed by atoms with E-state index in [1.165, 1.54) is 122 Å². The summed E-state index contributed by atoms with van der Waals surface area (Å²) >= 11 is 0. The van der Waals surface area contributed by atoms with Gasteiger partial charge < -0.3 is 14.2 Å². The van der Waals surface area contributed by atoms with Gasteiger partial charge in [0, 0.05) is 19.3 Å². The Labute approximate surface area is 512 Å². The summed E-state index contributed by atoms with van der Waals surface area (Å²) in [5.74, 6) is -0.940. The standard InChI is InChI=1S/C77H126O6/c1-4-7-10-13-16-19-22-25-28-30-32-33-34-35-36-37-38-39-40-41-42-43-45-46-49-52-55-58-61-64-67-70-76(79)82-73-74(72-81-75(78)69-66-63-60-57-54-51-48-27-24-21-18-15-12-9-6-3)83-77(80)71-68-65-62-59-56-53-50-47-44-31-29-26-23-20-17-14-11-8-5-2/h7,10,16-17,19-20,25-29,32-33,35-36,38-39,41-42,45-46,48,52,55,74H,4-6,8-9,11-15,18,21-24,30-31,34,37,40,43-44,47,49-51,53-54,56-73H2,1-3H3/b10-7-,19-16-,20-17-,28-25-,29-26-,33-32-,36-35-,39-38-,42-41-,46-45-,48-27-,55-52-. The summed E-state index contributed by atoms with van der Waals surface area (Å²) < 4.78 is 16.9. The molecule has 0 aromatic rings. The number of allylic oxidation sites excluding steroid dienone is 24. The lowest BCUT2D eigenvalue weighted by Gasteiger charge is -2.18. The molecule has 0 bridgehead atoms. The first-order valence-electron chi connectivity index (χ1n) is 34.3. The molecular formula is C77H126O6. The van der Waals surface area contributed by atoms with Crippen LogP contribution in [0.3, 0.4) is 0 Å². The molecule has 0 rings (SSSR count). The van der Waals surface area contributed by atoms with E-state index < -0.39 is 6.10 Å². The van der Waals surface area contributed by atoms with E-state index in [0.717, 1.165) is 141 Å². The van der Waals surface area contributed by atoms with Crippen LogP contribution in [0.15, 0.2) is 146 Å². The van der Waals surface area contributed by atoms with Gasteiger partial charge in [-0.15, -0.1) is 0 Å². The third kappa shape index (κ3) is 68.0. The molecule has 0 spiro atoms. The molecule has 1 atom stereocenters. The van der Waals surface area contributed by atoms with E-state index in [0.29, 0.717) is 19.3 Å². The number of rotatable bonds is 61. The quantitative estimate of drug-likeness (QED) is 0.0261. The van der Waals surface area contributed by atoms with Gasteiger partial charge in [-0.1, -0.05) is 282 Å². The summed E-state index contributed by atoms with van der Waals surface area (Å²) in [5, 5.41) is 0. The third-order valence-corrected chi connectivity index (χ3v) is 14.3. The number of hydrogen-bond acceptors (Lipinski definition) is 6. The zero-order valence-electron chi connectivity index (χ0n) is 53.9. The molecule has 0 aromatic carbocycles. The molecular weight excluding hydrogens is 1020 g/mol. The van der Waals surface area contributed by atoms with Crippen LogP contribution in [0, 0.1) is 0 Å². The molecule has 0 aliphatic heterocycles. The molecule has 0 saturated heterocycles. The van der Waals surface area contributed by atoms with Crippen molar-refractivity contribution in [1.82, 2.24) is 0 Å². The molecule has 0 amide bonds. The summed E-state index contributed by atoms with van der Waals surface area (Å²) in [5.41, 5.74) is 0. The lowest BCUT2D eigenvalue weighted by atomic mass is 10.1. The van der Waals surface area contributed by atoms with E-state index in [1.807, 2.05) is 0 Å². The van der Waals surface area contributed by atoms with E-state index in [1.54, 1.807) is 0 Å². The maximum atomic E-state index is 12.9. The largest absolute Gasteiger partial charge is 0.462 e. The van der Waals surface area contributed by atoms with Gasteiger partial charge in [0.15, 0.2) is 6.10 Å². The van der Waals surface area contributed by atoms with Crippen LogP contribution in [0.4, 0.5) is 0 Å². The van der Waals surface area contributed by atoms with Crippen molar-refractivity contribution in [3.8, 4) is 0 Å². The van der Waals surface area contributed by atoms with Crippen LogP contribution in [0.25, 0.3) is 0 Å². The van der Waals surface area contributed by atoms with Crippen LogP contribution in [-0.4, -0.2) is 37.2 Å². The second-order valence-electron chi connectivity index (χ2n) is 22.3. The van der Waals surface area contributed by atoms with Crippen molar-refractivity contribution in [2.75, 3.05) is 13.2 Å². The topological polar surface area (TPSA) is 78.9 Å². The summed E-state index contributed by atoms with van der Waals surface area (Å²) in [6.07, 6.45) is 100.0. The predicted molar refractivity (Wildman–Crippen MR) is 362 cm³/mol. The van der Waals surface area contributed by atoms with Crippen molar-refractivity contribution in [2.45, 2.75) is 309 Å². The summed E-state index contributed by atoms with van der Waals surface area (Å²) in [6, 6.07) is 0. The Morgan fingerprint density at radius 1 is 0.253 bits per heavy atom. The number of unbranched alkanes of at least 4 members (excludes halogenated alkanes) is 26. The van der Waals surface area contributed by atoms with Crippen molar-refractivity contribution in [3.05, 3.63) is 146 Å². The Hall–Kier alpha value is -4.71. The van der Waals surface area contributed by atoms with Gasteiger partial charge in [-0.2, -0.15) is 0 Å². The van der Waals surface area contributed by atoms with Crippen LogP contribution in [0.2, 0.25) is 0 Å². The lowest BCUT2D eigenvalue weighted by molar-refractivity contribution is -0.167. The van der Waals surface area contributed by atoms with Crippen LogP contribution in [-0.2, 0) is 28.6 Å². The summed E-state index contributed by atoms with van der Waals surface area (Å²) in [7, 11) is 0. The van der Waals surface area contributed by atoms with Gasteiger partial charge in [0.05, 0.1) is 0 Å². The highest BCUT2D eigenvalue weighted by Crippen LogP contribution is 2.15. The molecule has 470 valence electrons. The van der Waals surface area contributed by atoms with Gasteiger partial charge in [0.25, 0.3) is 0 Å². The predicted octanol–water partition coefficient (Wildman–Crippen LogP) is 23.9. The van der Waals surface area contributed by atoms with Crippen LogP contribution < -0.4 is 0 Å². The van der Waals surface area contributed by atoms with Gasteiger partial charge in [0.1, 0.15) is 13.2 Å². The molecule has 0 aliphatic rings. The fourth-order valence-electron chi connectivity index (χ4n) is 9.17. The minimum atomic E-state index is -0.805. The highest BCUT2D eigenvalue weighted by atomic mass is 16.6. The first kappa shape index (κ1) is 78.3. The Balaban J connectivity index is 4.43. The molecule has 1 unspecified atom stereocenters. The molecule has 0 aliphatic carbocycles. The number of carbonyl (C=O) groups is 3. The fraction of sp³-hybridized carbons (Fsp3) is 0.649. The zero-order valence-corrected chi connectivity index (χ0v) is 53.9. The van der Waals surface area contributed by atoms with Gasteiger partial charge >= 0.3 is 17.9 Å². The van der Waals surface area contributed by atoms with E-state index in [9.17, 15) is 14.4 Å². The molecule has 0 saturated carbocycles. The van der Waals surface area contributed by atoms with E-state index >= 15 is 0 Å². The molecule has 83 heavy (non-hydrogen) atoms. The molecule has 0 N–H and O–H groups in total. The van der Waals surface area contributed by atoms with Crippen molar-refractivity contribution < 1.29 is 28.6 Å². The summed E-state index contributed by atoms with van der Waals surface area (Å²) in [6.45, 7) is 6.47. The Morgan fingerprint density at radius 3 is 0.783 bits per heavy atom. The van der Waals surface area contributed by atoms with E-state index in [2.05, 4.69) is 167 Å². The Kier molecular flexibility index (Phi) is 65.8. The van der Waals surface area contributed by atoms with Crippen molar-refractivity contribution in [3.63, 3.8) is 0 Å². The summed E-state index contributed by atoms with van der Waals surface area (Å²) in [4.78, 5) is 38.4. The SMILES string of the molecule is CC/C=C\C/C=C\C/C=C\C/C=C\C/C=C\C/C=C\C/C=C\C/C=C\C/C=C\CCCCCC(=O)OCC(COC(=O)CCCCCCC/C=C\CCCCCCCC)OC(=O)CCCCCCCCCCC/C=C\C/C=C\CCCCC. The average molecular weight is 1150 g/mol. The van der Waals surface area contributed by atoms with Gasteiger partial charge in [0.2, 0.25) is 0 Å². The van der Waals surface area contributed by atoms with Crippen molar-refractivity contribution in [2.24, 2.45) is 0 Å². The number of esters is 3. The van der Waals surface area contributed by atoms with Crippen LogP contribution >= 0.6 is 0 Å². The maximum Gasteiger partial charge on any atom is 0.306 e. The average Bonchev–Trinajstić information content (AvgIpc) is 3.49. The van der Waals surface area contributed by atoms with Crippen LogP contribution in [0.5, 0.6) is 0 Å². The minimum absolute atomic E-state index is 0.0982. The first-order valence-corrected chi connectivity index (χ1v) is 34.3. The molecule has 0 fully saturated rings. The number of ether oxygens (including phenoxy) is 3. The molecule has 0 aromatic heterocycles. The number of carbonyl (C=O) groups excluding carboxylic acids is 3. The highest BCUT2D eigenvalue weighted by Gasteiger charge is 2.19. The molecule has 6 nitrogen and oxygen atoms in total. The molecule has 6 heteroatoms. The maximum absolute atomic E-state index is 12.9. The fourth-order valence-corrected chi connectivity index (χ4v) is 9.17. The Bertz CT molecular complexity index is 1800. The normalized spacial score (nSPS) is 13.0. The second-order valence-corrected chi connectivity index (χ2v) is 22.3. The van der Waals surface area contributed by atoms with Gasteiger partial charge in [-0.05, 0) is 148 Å². The monoisotopic (exact) mass is 1150 g/mol. The van der Waals surface area contributed by atoms with Crippen LogP contribution in [0.1, 0.15) is 303 Å².